The number of anilines is 2. The normalized spacial score (nSPS) is 10.3. The van der Waals surface area contributed by atoms with Gasteiger partial charge in [0.05, 0.1) is 0 Å². The molecule has 2 aromatic carbocycles. The molecule has 0 aliphatic carbocycles. The lowest BCUT2D eigenvalue weighted by molar-refractivity contribution is 0.914. The minimum absolute atomic E-state index is 0.761. The Bertz CT molecular complexity index is 540. The van der Waals surface area contributed by atoms with Gasteiger partial charge in [-0.1, -0.05) is 29.8 Å². The highest BCUT2D eigenvalue weighted by Crippen LogP contribution is 2.16. The van der Waals surface area contributed by atoms with E-state index in [0.717, 1.165) is 23.8 Å². The van der Waals surface area contributed by atoms with E-state index in [0.29, 0.717) is 0 Å². The molecule has 0 bridgehead atoms. The van der Waals surface area contributed by atoms with Gasteiger partial charge >= 0.3 is 0 Å². The van der Waals surface area contributed by atoms with Crippen LogP contribution in [-0.2, 0) is 0 Å². The van der Waals surface area contributed by atoms with Gasteiger partial charge in [0.1, 0.15) is 0 Å². The van der Waals surface area contributed by atoms with Crippen LogP contribution < -0.4 is 10.2 Å². The maximum atomic E-state index is 5.95. The summed E-state index contributed by atoms with van der Waals surface area (Å²) in [6.45, 7) is 3.93. The van der Waals surface area contributed by atoms with Crippen molar-refractivity contribution in [3.05, 3.63) is 59.1 Å². The molecule has 0 fully saturated rings. The van der Waals surface area contributed by atoms with Gasteiger partial charge in [-0.15, -0.1) is 0 Å². The number of nitrogens with one attached hydrogen (secondary N) is 1. The zero-order valence-electron chi connectivity index (χ0n) is 11.4. The SMILES string of the molecule is Cc1cccc(N(C)CCNc2cccc(Cl)c2)c1. The molecule has 0 saturated heterocycles. The molecule has 0 saturated carbocycles. The summed E-state index contributed by atoms with van der Waals surface area (Å²) in [5.41, 5.74) is 3.59. The zero-order chi connectivity index (χ0) is 13.7. The number of aryl methyl sites for hydroxylation is 1. The molecule has 2 rings (SSSR count). The quantitative estimate of drug-likeness (QED) is 0.879. The third kappa shape index (κ3) is 4.18. The van der Waals surface area contributed by atoms with Crippen LogP contribution in [0.5, 0.6) is 0 Å². The number of halogens is 1. The van der Waals surface area contributed by atoms with Crippen molar-refractivity contribution in [1.29, 1.82) is 0 Å². The minimum Gasteiger partial charge on any atom is -0.383 e. The van der Waals surface area contributed by atoms with E-state index in [1.54, 1.807) is 0 Å². The second-order valence-electron chi connectivity index (χ2n) is 4.70. The van der Waals surface area contributed by atoms with Crippen LogP contribution >= 0.6 is 11.6 Å². The molecule has 0 radical (unpaired) electrons. The van der Waals surface area contributed by atoms with Gasteiger partial charge in [0.2, 0.25) is 0 Å². The lowest BCUT2D eigenvalue weighted by Crippen LogP contribution is -2.24. The van der Waals surface area contributed by atoms with Crippen molar-refractivity contribution in [2.24, 2.45) is 0 Å². The second kappa shape index (κ2) is 6.48. The average Bonchev–Trinajstić information content (AvgIpc) is 2.38. The molecule has 19 heavy (non-hydrogen) atoms. The van der Waals surface area contributed by atoms with E-state index in [9.17, 15) is 0 Å². The van der Waals surface area contributed by atoms with Crippen molar-refractivity contribution < 1.29 is 0 Å². The first kappa shape index (κ1) is 13.8. The Hall–Kier alpha value is -1.67. The summed E-state index contributed by atoms with van der Waals surface area (Å²) < 4.78 is 0. The van der Waals surface area contributed by atoms with Gasteiger partial charge < -0.3 is 10.2 Å². The Kier molecular flexibility index (Phi) is 4.69. The Morgan fingerprint density at radius 3 is 2.63 bits per heavy atom. The molecule has 0 aromatic heterocycles. The van der Waals surface area contributed by atoms with Crippen LogP contribution in [0.2, 0.25) is 5.02 Å². The average molecular weight is 275 g/mol. The smallest absolute Gasteiger partial charge is 0.0426 e. The van der Waals surface area contributed by atoms with Crippen molar-refractivity contribution in [3.63, 3.8) is 0 Å². The number of hydrogen-bond donors (Lipinski definition) is 1. The number of nitrogens with zero attached hydrogens (tertiary/aromatic N) is 1. The van der Waals surface area contributed by atoms with Crippen molar-refractivity contribution in [3.8, 4) is 0 Å². The van der Waals surface area contributed by atoms with Crippen LogP contribution in [0, 0.1) is 6.92 Å². The predicted molar refractivity (Wildman–Crippen MR) is 84.4 cm³/mol. The molecular formula is C16H19ClN2. The maximum Gasteiger partial charge on any atom is 0.0426 e. The number of benzene rings is 2. The first-order valence-electron chi connectivity index (χ1n) is 6.42. The lowest BCUT2D eigenvalue weighted by atomic mass is 10.2. The summed E-state index contributed by atoms with van der Waals surface area (Å²) >= 11 is 5.95. The molecule has 100 valence electrons. The molecule has 2 aromatic rings. The van der Waals surface area contributed by atoms with E-state index in [1.165, 1.54) is 11.3 Å². The largest absolute Gasteiger partial charge is 0.383 e. The first-order valence-corrected chi connectivity index (χ1v) is 6.80. The Morgan fingerprint density at radius 2 is 1.89 bits per heavy atom. The zero-order valence-corrected chi connectivity index (χ0v) is 12.1. The van der Waals surface area contributed by atoms with Crippen molar-refractivity contribution in [1.82, 2.24) is 0 Å². The van der Waals surface area contributed by atoms with Crippen LogP contribution in [0.4, 0.5) is 11.4 Å². The summed E-state index contributed by atoms with van der Waals surface area (Å²) in [6, 6.07) is 16.3. The van der Waals surface area contributed by atoms with E-state index in [1.807, 2.05) is 24.3 Å². The predicted octanol–water partition coefficient (Wildman–Crippen LogP) is 4.20. The Labute approximate surface area is 120 Å². The highest BCUT2D eigenvalue weighted by Gasteiger charge is 2.00. The van der Waals surface area contributed by atoms with Gasteiger partial charge in [0.25, 0.3) is 0 Å². The van der Waals surface area contributed by atoms with E-state index in [-0.39, 0.29) is 0 Å². The highest BCUT2D eigenvalue weighted by atomic mass is 35.5. The summed E-state index contributed by atoms with van der Waals surface area (Å²) in [6.07, 6.45) is 0. The van der Waals surface area contributed by atoms with Gasteiger partial charge in [-0.25, -0.2) is 0 Å². The van der Waals surface area contributed by atoms with Gasteiger partial charge in [0, 0.05) is 36.5 Å². The van der Waals surface area contributed by atoms with Gasteiger partial charge in [0.15, 0.2) is 0 Å². The van der Waals surface area contributed by atoms with Crippen molar-refractivity contribution in [2.75, 3.05) is 30.4 Å². The fourth-order valence-electron chi connectivity index (χ4n) is 1.96. The molecule has 3 heteroatoms. The van der Waals surface area contributed by atoms with Gasteiger partial charge in [-0.05, 0) is 42.8 Å². The summed E-state index contributed by atoms with van der Waals surface area (Å²) in [7, 11) is 2.11. The fourth-order valence-corrected chi connectivity index (χ4v) is 2.15. The van der Waals surface area contributed by atoms with Crippen LogP contribution in [-0.4, -0.2) is 20.1 Å². The molecule has 0 atom stereocenters. The highest BCUT2D eigenvalue weighted by molar-refractivity contribution is 6.30. The second-order valence-corrected chi connectivity index (χ2v) is 5.13. The van der Waals surface area contributed by atoms with E-state index >= 15 is 0 Å². The minimum atomic E-state index is 0.761. The standard InChI is InChI=1S/C16H19ClN2/c1-13-5-3-8-16(11-13)19(2)10-9-18-15-7-4-6-14(17)12-15/h3-8,11-12,18H,9-10H2,1-2H3. The van der Waals surface area contributed by atoms with Crippen LogP contribution in [0.15, 0.2) is 48.5 Å². The van der Waals surface area contributed by atoms with E-state index in [4.69, 9.17) is 11.6 Å². The topological polar surface area (TPSA) is 15.3 Å². The van der Waals surface area contributed by atoms with E-state index in [2.05, 4.69) is 48.5 Å². The molecule has 0 aliphatic rings. The summed E-state index contributed by atoms with van der Waals surface area (Å²) in [5.74, 6) is 0. The number of rotatable bonds is 5. The maximum absolute atomic E-state index is 5.95. The molecule has 2 nitrogen and oxygen atoms in total. The Morgan fingerprint density at radius 1 is 1.11 bits per heavy atom. The first-order chi connectivity index (χ1) is 9.15. The molecule has 0 spiro atoms. The molecular weight excluding hydrogens is 256 g/mol. The fraction of sp³-hybridized carbons (Fsp3) is 0.250. The Balaban J connectivity index is 1.85. The third-order valence-corrected chi connectivity index (χ3v) is 3.28. The van der Waals surface area contributed by atoms with E-state index < -0.39 is 0 Å². The van der Waals surface area contributed by atoms with Crippen molar-refractivity contribution in [2.45, 2.75) is 6.92 Å². The molecule has 0 amide bonds. The molecule has 0 aliphatic heterocycles. The number of likely N-dealkylation sites (N-methyl/N-ethyl adjacent to an activating group) is 1. The molecule has 1 N–H and O–H groups in total. The number of hydrogen-bond acceptors (Lipinski definition) is 2. The van der Waals surface area contributed by atoms with Crippen LogP contribution in [0.3, 0.4) is 0 Å². The molecule has 0 heterocycles. The van der Waals surface area contributed by atoms with Gasteiger partial charge in [-0.3, -0.25) is 0 Å². The van der Waals surface area contributed by atoms with Crippen molar-refractivity contribution >= 4 is 23.0 Å². The van der Waals surface area contributed by atoms with Crippen LogP contribution in [0.1, 0.15) is 5.56 Å². The third-order valence-electron chi connectivity index (χ3n) is 3.04. The summed E-state index contributed by atoms with van der Waals surface area (Å²) in [5, 5.41) is 4.14. The molecule has 0 unspecified atom stereocenters. The lowest BCUT2D eigenvalue weighted by Gasteiger charge is -2.20. The van der Waals surface area contributed by atoms with Crippen LogP contribution in [0.25, 0.3) is 0 Å². The van der Waals surface area contributed by atoms with Gasteiger partial charge in [-0.2, -0.15) is 0 Å². The summed E-state index contributed by atoms with van der Waals surface area (Å²) in [4.78, 5) is 2.24. The monoisotopic (exact) mass is 274 g/mol.